The number of aromatic nitrogens is 1. The predicted molar refractivity (Wildman–Crippen MR) is 101 cm³/mol. The first-order valence-electron chi connectivity index (χ1n) is 8.53. The molecule has 1 aliphatic heterocycles. The molecule has 132 valence electrons. The highest BCUT2D eigenvalue weighted by atomic mass is 35.5. The number of pyridine rings is 1. The van der Waals surface area contributed by atoms with Gasteiger partial charge in [-0.25, -0.2) is 4.98 Å². The van der Waals surface area contributed by atoms with Crippen LogP contribution in [-0.4, -0.2) is 41.5 Å². The second-order valence-corrected chi connectivity index (χ2v) is 6.92. The van der Waals surface area contributed by atoms with Crippen molar-refractivity contribution < 1.29 is 4.79 Å². The molecule has 1 aromatic carbocycles. The Morgan fingerprint density at radius 3 is 2.76 bits per heavy atom. The second-order valence-electron chi connectivity index (χ2n) is 6.51. The Morgan fingerprint density at radius 2 is 2.08 bits per heavy atom. The fourth-order valence-electron chi connectivity index (χ4n) is 3.33. The van der Waals surface area contributed by atoms with Crippen molar-refractivity contribution >= 4 is 23.3 Å². The van der Waals surface area contributed by atoms with Crippen molar-refractivity contribution in [3.05, 3.63) is 58.7 Å². The number of carbonyl (C=O) groups is 1. The number of nitrogens with two attached hydrogens (primary N) is 1. The Hall–Kier alpha value is -2.11. The zero-order valence-electron chi connectivity index (χ0n) is 14.4. The number of hydrogen-bond acceptors (Lipinski definition) is 4. The summed E-state index contributed by atoms with van der Waals surface area (Å²) in [5.74, 6) is 0.208. The van der Waals surface area contributed by atoms with E-state index in [0.717, 1.165) is 38.4 Å². The van der Waals surface area contributed by atoms with E-state index in [0.29, 0.717) is 10.6 Å². The smallest absolute Gasteiger partial charge is 0.250 e. The van der Waals surface area contributed by atoms with Crippen LogP contribution in [0.2, 0.25) is 5.02 Å². The first-order chi connectivity index (χ1) is 12.0. The van der Waals surface area contributed by atoms with E-state index in [1.165, 1.54) is 11.8 Å². The first kappa shape index (κ1) is 17.7. The molecule has 2 aromatic rings. The average Bonchev–Trinajstić information content (AvgIpc) is 2.77. The number of rotatable bonds is 4. The molecular formula is C19H23ClN4O. The van der Waals surface area contributed by atoms with Gasteiger partial charge in [0.25, 0.3) is 0 Å². The lowest BCUT2D eigenvalue weighted by Crippen LogP contribution is -2.39. The van der Waals surface area contributed by atoms with E-state index in [1.807, 2.05) is 6.07 Å². The number of benzene rings is 1. The van der Waals surface area contributed by atoms with E-state index in [-0.39, 0.29) is 6.04 Å². The minimum Gasteiger partial charge on any atom is -0.366 e. The summed E-state index contributed by atoms with van der Waals surface area (Å²) in [6.45, 7) is 5.98. The van der Waals surface area contributed by atoms with Crippen LogP contribution in [0.3, 0.4) is 0 Å². The molecule has 1 atom stereocenters. The Kier molecular flexibility index (Phi) is 5.56. The number of primary amides is 1. The summed E-state index contributed by atoms with van der Waals surface area (Å²) in [7, 11) is 0. The molecule has 1 amide bonds. The first-order valence-corrected chi connectivity index (χ1v) is 8.90. The maximum Gasteiger partial charge on any atom is 0.250 e. The van der Waals surface area contributed by atoms with Crippen LogP contribution >= 0.6 is 11.6 Å². The van der Waals surface area contributed by atoms with Crippen LogP contribution in [0.4, 0.5) is 5.82 Å². The van der Waals surface area contributed by atoms with Gasteiger partial charge >= 0.3 is 0 Å². The molecule has 1 fully saturated rings. The summed E-state index contributed by atoms with van der Waals surface area (Å²) in [4.78, 5) is 20.4. The van der Waals surface area contributed by atoms with Crippen LogP contribution in [0.15, 0.2) is 42.6 Å². The minimum absolute atomic E-state index is 0.274. The van der Waals surface area contributed by atoms with Gasteiger partial charge in [0.05, 0.1) is 10.6 Å². The maximum atomic E-state index is 11.3. The molecule has 0 radical (unpaired) electrons. The monoisotopic (exact) mass is 358 g/mol. The molecule has 0 bridgehead atoms. The summed E-state index contributed by atoms with van der Waals surface area (Å²) in [6.07, 6.45) is 2.54. The van der Waals surface area contributed by atoms with Gasteiger partial charge in [0.1, 0.15) is 5.82 Å². The highest BCUT2D eigenvalue weighted by Crippen LogP contribution is 2.27. The van der Waals surface area contributed by atoms with Crippen LogP contribution in [0.1, 0.15) is 29.3 Å². The van der Waals surface area contributed by atoms with Crippen LogP contribution < -0.4 is 10.6 Å². The van der Waals surface area contributed by atoms with E-state index in [4.69, 9.17) is 17.3 Å². The number of amides is 1. The third-order valence-corrected chi connectivity index (χ3v) is 4.83. The van der Waals surface area contributed by atoms with Crippen molar-refractivity contribution in [1.29, 1.82) is 0 Å². The van der Waals surface area contributed by atoms with E-state index in [2.05, 4.69) is 46.0 Å². The number of anilines is 1. The summed E-state index contributed by atoms with van der Waals surface area (Å²) >= 11 is 6.37. The molecule has 1 unspecified atom stereocenters. The standard InChI is InChI=1S/C19H23ClN4O/c1-14-12-23(13-15-6-3-2-4-7-15)8-5-9-24(14)19-17(20)10-16(11-22-19)18(21)25/h2-4,6-7,10-11,14H,5,8-9,12-13H2,1H3,(H2,21,25). The summed E-state index contributed by atoms with van der Waals surface area (Å²) < 4.78 is 0. The van der Waals surface area contributed by atoms with Crippen molar-refractivity contribution in [3.8, 4) is 0 Å². The van der Waals surface area contributed by atoms with Crippen molar-refractivity contribution in [2.75, 3.05) is 24.5 Å². The third-order valence-electron chi connectivity index (χ3n) is 4.56. The molecule has 25 heavy (non-hydrogen) atoms. The zero-order chi connectivity index (χ0) is 17.8. The van der Waals surface area contributed by atoms with Crippen LogP contribution in [0, 0.1) is 0 Å². The molecule has 1 aromatic heterocycles. The van der Waals surface area contributed by atoms with Crippen molar-refractivity contribution in [2.24, 2.45) is 5.73 Å². The normalized spacial score (nSPS) is 18.8. The zero-order valence-corrected chi connectivity index (χ0v) is 15.1. The Labute approximate surface area is 153 Å². The Morgan fingerprint density at radius 1 is 1.32 bits per heavy atom. The average molecular weight is 359 g/mol. The molecule has 2 N–H and O–H groups in total. The molecule has 1 aliphatic rings. The van der Waals surface area contributed by atoms with Gasteiger partial charge in [-0.15, -0.1) is 0 Å². The summed E-state index contributed by atoms with van der Waals surface area (Å²) in [5, 5.41) is 0.472. The van der Waals surface area contributed by atoms with Crippen LogP contribution in [-0.2, 0) is 6.54 Å². The molecule has 6 heteroatoms. The van der Waals surface area contributed by atoms with Crippen LogP contribution in [0.5, 0.6) is 0 Å². The highest BCUT2D eigenvalue weighted by molar-refractivity contribution is 6.33. The largest absolute Gasteiger partial charge is 0.366 e. The highest BCUT2D eigenvalue weighted by Gasteiger charge is 2.24. The summed E-state index contributed by atoms with van der Waals surface area (Å²) in [5.41, 5.74) is 6.96. The van der Waals surface area contributed by atoms with E-state index < -0.39 is 5.91 Å². The van der Waals surface area contributed by atoms with Gasteiger partial charge in [0.2, 0.25) is 5.91 Å². The van der Waals surface area contributed by atoms with E-state index in [9.17, 15) is 4.79 Å². The predicted octanol–water partition coefficient (Wildman–Crippen LogP) is 2.93. The Bertz CT molecular complexity index is 737. The lowest BCUT2D eigenvalue weighted by Gasteiger charge is -2.30. The fraction of sp³-hybridized carbons (Fsp3) is 0.368. The lowest BCUT2D eigenvalue weighted by atomic mass is 10.2. The molecule has 0 saturated carbocycles. The SMILES string of the molecule is CC1CN(Cc2ccccc2)CCCN1c1ncc(C(N)=O)cc1Cl. The molecular weight excluding hydrogens is 336 g/mol. The van der Waals surface area contributed by atoms with E-state index in [1.54, 1.807) is 6.07 Å². The topological polar surface area (TPSA) is 62.5 Å². The van der Waals surface area contributed by atoms with Gasteiger partial charge in [-0.05, 0) is 25.0 Å². The van der Waals surface area contributed by atoms with Gasteiger partial charge in [-0.1, -0.05) is 41.9 Å². The van der Waals surface area contributed by atoms with E-state index >= 15 is 0 Å². The van der Waals surface area contributed by atoms with Gasteiger partial charge in [-0.2, -0.15) is 0 Å². The number of hydrogen-bond donors (Lipinski definition) is 1. The molecule has 1 saturated heterocycles. The molecule has 3 rings (SSSR count). The maximum absolute atomic E-state index is 11.3. The number of carbonyl (C=O) groups excluding carboxylic acids is 1. The minimum atomic E-state index is -0.515. The fourth-order valence-corrected chi connectivity index (χ4v) is 3.60. The van der Waals surface area contributed by atoms with Crippen molar-refractivity contribution in [3.63, 3.8) is 0 Å². The molecule has 2 heterocycles. The number of halogens is 1. The van der Waals surface area contributed by atoms with Crippen LogP contribution in [0.25, 0.3) is 0 Å². The summed E-state index contributed by atoms with van der Waals surface area (Å²) in [6, 6.07) is 12.4. The van der Waals surface area contributed by atoms with Gasteiger partial charge < -0.3 is 10.6 Å². The Balaban J connectivity index is 1.73. The number of nitrogens with zero attached hydrogens (tertiary/aromatic N) is 3. The lowest BCUT2D eigenvalue weighted by molar-refractivity contribution is 0.1000. The third kappa shape index (κ3) is 4.30. The van der Waals surface area contributed by atoms with Crippen molar-refractivity contribution in [1.82, 2.24) is 9.88 Å². The van der Waals surface area contributed by atoms with Crippen molar-refractivity contribution in [2.45, 2.75) is 25.9 Å². The quantitative estimate of drug-likeness (QED) is 0.912. The molecule has 5 nitrogen and oxygen atoms in total. The second kappa shape index (κ2) is 7.85. The van der Waals surface area contributed by atoms with Gasteiger partial charge in [0, 0.05) is 38.4 Å². The van der Waals surface area contributed by atoms with Gasteiger partial charge in [-0.3, -0.25) is 9.69 Å². The van der Waals surface area contributed by atoms with Gasteiger partial charge in [0.15, 0.2) is 0 Å². The molecule has 0 spiro atoms. The molecule has 0 aliphatic carbocycles.